The lowest BCUT2D eigenvalue weighted by Crippen LogP contribution is -2.72. The summed E-state index contributed by atoms with van der Waals surface area (Å²) in [7, 11) is 0. The third-order valence-corrected chi connectivity index (χ3v) is 23.2. The highest BCUT2D eigenvalue weighted by molar-refractivity contribution is 5.78. The monoisotopic (exact) mass is 1750 g/mol. The molecule has 3 amide bonds. The number of carboxylic acid groups (broad SMARTS) is 2. The topological polar surface area (TPSA) is 674 Å². The summed E-state index contributed by atoms with van der Waals surface area (Å²) in [4.78, 5) is 80.3. The zero-order chi connectivity index (χ0) is 89.6. The van der Waals surface area contributed by atoms with Gasteiger partial charge >= 0.3 is 11.9 Å². The van der Waals surface area contributed by atoms with E-state index in [1.807, 2.05) is 0 Å². The highest BCUT2D eigenvalue weighted by Crippen LogP contribution is 2.44. The maximum atomic E-state index is 14.4. The predicted octanol–water partition coefficient (Wildman–Crippen LogP) is -4.89. The number of Topliss-reactive ketones (excluding diaryl/α,β-unsaturated/α-hetero) is 1. The van der Waals surface area contributed by atoms with Crippen molar-refractivity contribution < 1.29 is 193 Å². The minimum absolute atomic E-state index is 0.110. The van der Waals surface area contributed by atoms with E-state index in [1.54, 1.807) is 0 Å². The molecule has 34 unspecified atom stereocenters. The lowest BCUT2D eigenvalue weighted by Gasteiger charge is -2.53. The van der Waals surface area contributed by atoms with Gasteiger partial charge in [0, 0.05) is 45.4 Å². The zero-order valence-electron chi connectivity index (χ0n) is 69.8. The molecule has 24 N–H and O–H groups in total. The third kappa shape index (κ3) is 29.7. The Labute approximate surface area is 703 Å². The lowest BCUT2D eigenvalue weighted by atomic mass is 9.86. The van der Waals surface area contributed by atoms with Crippen LogP contribution in [-0.2, 0) is 85.6 Å². The van der Waals surface area contributed by atoms with Crippen molar-refractivity contribution >= 4 is 35.4 Å². The number of aliphatic carboxylic acids is 2. The molecule has 6 rings (SSSR count). The van der Waals surface area contributed by atoms with Crippen LogP contribution in [0.3, 0.4) is 0 Å². The average Bonchev–Trinajstić information content (AvgIpc) is 0.752. The van der Waals surface area contributed by atoms with E-state index in [-0.39, 0.29) is 12.8 Å². The van der Waals surface area contributed by atoms with Gasteiger partial charge in [0.25, 0.3) is 11.6 Å². The number of nitrogens with one attached hydrogen (secondary N) is 3. The quantitative estimate of drug-likeness (QED) is 0.0254. The highest BCUT2D eigenvalue weighted by Gasteiger charge is 2.64. The molecule has 704 valence electrons. The van der Waals surface area contributed by atoms with E-state index < -0.39 is 308 Å². The SMILES string of the molecule is CCCCCCCCCCCCCCCC(O)C(COC1OC(CO)C(OC2OC(CO)C(OC3OC(CO)C(O)C(OC4OC(CO)C(O)C(O)C4O)C3CC(C)=O)C(OC3(C(=O)O)CC(O)C(NC(C)=O)C(C(O)C(CO)OC4(C(=O)O)CC(O)C(NC(C)=O)C(C(O)C(O)CO)O4)O3)C2O)C(O)C1O)NC(=O)CCCCCCCCCCC. The largest absolute Gasteiger partial charge is 0.477 e. The molecule has 0 aromatic carbocycles. The number of carbonyl (C=O) groups excluding carboxylic acids is 4. The van der Waals surface area contributed by atoms with Crippen LogP contribution in [-0.4, -0.2) is 390 Å². The van der Waals surface area contributed by atoms with Crippen molar-refractivity contribution in [2.75, 3.05) is 46.2 Å². The predicted molar refractivity (Wildman–Crippen MR) is 413 cm³/mol. The van der Waals surface area contributed by atoms with E-state index in [0.717, 1.165) is 111 Å². The summed E-state index contributed by atoms with van der Waals surface area (Å²) in [5.41, 5.74) is 0. The van der Waals surface area contributed by atoms with Crippen molar-refractivity contribution in [3.63, 3.8) is 0 Å². The summed E-state index contributed by atoms with van der Waals surface area (Å²) < 4.78 is 72.4. The van der Waals surface area contributed by atoms with Gasteiger partial charge in [-0.25, -0.2) is 9.59 Å². The van der Waals surface area contributed by atoms with E-state index in [1.165, 1.54) is 38.5 Å². The summed E-state index contributed by atoms with van der Waals surface area (Å²) in [6, 6.07) is -5.00. The van der Waals surface area contributed by atoms with Gasteiger partial charge in [0.05, 0.1) is 88.8 Å². The van der Waals surface area contributed by atoms with Crippen LogP contribution in [0, 0.1) is 5.92 Å². The van der Waals surface area contributed by atoms with Crippen LogP contribution < -0.4 is 16.0 Å². The Hall–Kier alpha value is -4.22. The van der Waals surface area contributed by atoms with E-state index in [2.05, 4.69) is 29.8 Å². The molecule has 0 bridgehead atoms. The van der Waals surface area contributed by atoms with E-state index in [0.29, 0.717) is 12.8 Å². The number of carbonyl (C=O) groups is 6. The Morgan fingerprint density at radius 3 is 1.36 bits per heavy atom. The molecule has 42 heteroatoms. The van der Waals surface area contributed by atoms with Gasteiger partial charge in [0.15, 0.2) is 25.2 Å². The van der Waals surface area contributed by atoms with Crippen molar-refractivity contribution in [1.29, 1.82) is 0 Å². The molecular formula is C79H139N3O39. The summed E-state index contributed by atoms with van der Waals surface area (Å²) in [6.07, 6.45) is -41.6. The van der Waals surface area contributed by atoms with Crippen LogP contribution in [0.2, 0.25) is 0 Å². The first-order valence-corrected chi connectivity index (χ1v) is 42.8. The van der Waals surface area contributed by atoms with Crippen LogP contribution >= 0.6 is 0 Å². The molecule has 0 aromatic rings. The highest BCUT2D eigenvalue weighted by atomic mass is 16.8. The van der Waals surface area contributed by atoms with Gasteiger partial charge in [-0.15, -0.1) is 0 Å². The molecule has 121 heavy (non-hydrogen) atoms. The minimum atomic E-state index is -3.67. The number of carboxylic acids is 2. The first-order valence-electron chi connectivity index (χ1n) is 42.8. The molecule has 42 nitrogen and oxygen atoms in total. The van der Waals surface area contributed by atoms with Crippen LogP contribution in [0.1, 0.15) is 208 Å². The average molecular weight is 1750 g/mol. The van der Waals surface area contributed by atoms with Crippen molar-refractivity contribution in [3.8, 4) is 0 Å². The number of unbranched alkanes of at least 4 members (excludes halogenated alkanes) is 20. The molecule has 6 aliphatic heterocycles. The number of aliphatic hydroxyl groups excluding tert-OH is 19. The molecule has 6 heterocycles. The fraction of sp³-hybridized carbons (Fsp3) is 0.924. The fourth-order valence-electron chi connectivity index (χ4n) is 16.4. The smallest absolute Gasteiger partial charge is 0.364 e. The second-order valence-corrected chi connectivity index (χ2v) is 32.8. The van der Waals surface area contributed by atoms with E-state index in [9.17, 15) is 136 Å². The van der Waals surface area contributed by atoms with E-state index in [4.69, 9.17) is 56.8 Å². The van der Waals surface area contributed by atoms with E-state index >= 15 is 0 Å². The zero-order valence-corrected chi connectivity index (χ0v) is 69.8. The van der Waals surface area contributed by atoms with Crippen LogP contribution in [0.4, 0.5) is 0 Å². The van der Waals surface area contributed by atoms with Crippen LogP contribution in [0.15, 0.2) is 0 Å². The Balaban J connectivity index is 1.36. The number of ketones is 1. The third-order valence-electron chi connectivity index (χ3n) is 23.2. The van der Waals surface area contributed by atoms with Crippen molar-refractivity contribution in [1.82, 2.24) is 16.0 Å². The molecule has 34 atom stereocenters. The van der Waals surface area contributed by atoms with Crippen molar-refractivity contribution in [2.45, 2.75) is 409 Å². The molecule has 0 aromatic heterocycles. The minimum Gasteiger partial charge on any atom is -0.477 e. The summed E-state index contributed by atoms with van der Waals surface area (Å²) >= 11 is 0. The van der Waals surface area contributed by atoms with Gasteiger partial charge in [0.1, 0.15) is 128 Å². The molecule has 0 aliphatic carbocycles. The molecule has 6 saturated heterocycles. The van der Waals surface area contributed by atoms with Crippen LogP contribution in [0.25, 0.3) is 0 Å². The number of hydrogen-bond acceptors (Lipinski definition) is 37. The first kappa shape index (κ1) is 106. The number of rotatable bonds is 55. The number of aliphatic hydroxyl groups is 19. The van der Waals surface area contributed by atoms with Gasteiger partial charge in [-0.05, 0) is 19.8 Å². The number of amides is 3. The number of ether oxygens (including phenoxy) is 12. The molecule has 6 aliphatic rings. The Bertz CT molecular complexity index is 3030. The van der Waals surface area contributed by atoms with Crippen molar-refractivity contribution in [3.05, 3.63) is 0 Å². The first-order chi connectivity index (χ1) is 57.6. The van der Waals surface area contributed by atoms with Gasteiger partial charge in [0.2, 0.25) is 17.7 Å². The standard InChI is InChI=1S/C79H139N3O39/c1-6-8-10-12-14-16-17-18-19-21-22-24-26-28-45(92)44(82-54(96)29-27-25-23-20-15-13-11-9-7-2)39-110-73-64(104)62(102)67(52(37-87)113-73)116-75-65(105)71(68(53(38-88)114-75)117-72-43(30-40(3)89)66(59(99)50(35-85)111-72)115-74-63(103)61(101)58(98)49(34-84)112-74)121-79(77(108)109)32-47(94)56(81-42(5)91)70(120-79)60(100)51(36-86)118-78(76(106)107)31-46(93)55(80-41(4)90)69(119-78)57(97)48(95)33-83/h43-53,55-75,83-88,92-95,97-105H,6-39H2,1-5H3,(H,80,90)(H,81,91)(H,82,96)(H,106,107)(H,108,109). The van der Waals surface area contributed by atoms with Gasteiger partial charge in [-0.2, -0.15) is 0 Å². The van der Waals surface area contributed by atoms with Gasteiger partial charge < -0.3 is 185 Å². The maximum absolute atomic E-state index is 14.4. The Morgan fingerprint density at radius 2 is 0.868 bits per heavy atom. The van der Waals surface area contributed by atoms with Gasteiger partial charge in [-0.3, -0.25) is 14.4 Å². The van der Waals surface area contributed by atoms with Crippen LogP contribution in [0.5, 0.6) is 0 Å². The molecule has 6 fully saturated rings. The molecule has 0 spiro atoms. The Morgan fingerprint density at radius 1 is 0.438 bits per heavy atom. The molecule has 0 radical (unpaired) electrons. The summed E-state index contributed by atoms with van der Waals surface area (Å²) in [5, 5.41) is 245. The second kappa shape index (κ2) is 52.3. The van der Waals surface area contributed by atoms with Gasteiger partial charge in [-0.1, -0.05) is 149 Å². The lowest BCUT2D eigenvalue weighted by molar-refractivity contribution is -0.407. The van der Waals surface area contributed by atoms with Crippen molar-refractivity contribution in [2.24, 2.45) is 5.92 Å². The fourth-order valence-corrected chi connectivity index (χ4v) is 16.4. The molecular weight excluding hydrogens is 1610 g/mol. The second-order valence-electron chi connectivity index (χ2n) is 32.8. The maximum Gasteiger partial charge on any atom is 0.364 e. The molecule has 0 saturated carbocycles. The Kier molecular flexibility index (Phi) is 45.6. The summed E-state index contributed by atoms with van der Waals surface area (Å²) in [6.45, 7) is -0.784. The normalized spacial score (nSPS) is 36.2. The number of hydrogen-bond donors (Lipinski definition) is 24. The summed E-state index contributed by atoms with van der Waals surface area (Å²) in [5.74, 6) is -16.5.